The molecule has 0 aliphatic rings. The molecule has 2 aromatic carbocycles. The Bertz CT molecular complexity index is 724. The molecule has 0 fully saturated rings. The van der Waals surface area contributed by atoms with Crippen LogP contribution in [0.25, 0.3) is 10.9 Å². The average Bonchev–Trinajstić information content (AvgIpc) is 2.49. The number of nitrogens with zero attached hydrogens (tertiary/aromatic N) is 1. The van der Waals surface area contributed by atoms with Crippen molar-refractivity contribution in [2.45, 2.75) is 0 Å². The number of fused-ring (bicyclic) bond motifs is 1. The van der Waals surface area contributed by atoms with Crippen LogP contribution in [-0.2, 0) is 0 Å². The number of anilines is 1. The van der Waals surface area contributed by atoms with Crippen LogP contribution in [0.4, 0.5) is 10.5 Å². The third kappa shape index (κ3) is 4.21. The number of hydrogen-bond acceptors (Lipinski definition) is 3. The van der Waals surface area contributed by atoms with Crippen molar-refractivity contribution in [2.75, 3.05) is 5.32 Å². The van der Waals surface area contributed by atoms with Crippen LogP contribution < -0.4 is 5.32 Å². The normalized spacial score (nSPS) is 9.52. The number of hydrogen-bond donors (Lipinski definition) is 3. The number of carboxylic acid groups (broad SMARTS) is 1. The minimum absolute atomic E-state index is 0.239. The summed E-state index contributed by atoms with van der Waals surface area (Å²) in [6, 6.07) is 17.9. The lowest BCUT2D eigenvalue weighted by atomic mass is 10.2. The second kappa shape index (κ2) is 6.91. The number of rotatable bonds is 1. The molecule has 0 saturated heterocycles. The van der Waals surface area contributed by atoms with Gasteiger partial charge in [0.25, 0.3) is 0 Å². The van der Waals surface area contributed by atoms with Crippen molar-refractivity contribution >= 4 is 22.7 Å². The third-order valence-corrected chi connectivity index (χ3v) is 2.64. The molecule has 0 bridgehead atoms. The Balaban J connectivity index is 0.000000155. The van der Waals surface area contributed by atoms with Crippen LogP contribution in [0.2, 0.25) is 0 Å². The van der Waals surface area contributed by atoms with Crippen LogP contribution in [0.5, 0.6) is 5.75 Å². The van der Waals surface area contributed by atoms with Gasteiger partial charge in [0.2, 0.25) is 0 Å². The molecule has 0 spiro atoms. The SMILES string of the molecule is O=C(O)Nc1ccccc1.Oc1cccc2cccnc12. The number of phenolic OH excluding ortho intramolecular Hbond substituents is 1. The molecule has 0 radical (unpaired) electrons. The molecular formula is C16H14N2O3. The summed E-state index contributed by atoms with van der Waals surface area (Å²) >= 11 is 0. The lowest BCUT2D eigenvalue weighted by molar-refractivity contribution is 0.210. The van der Waals surface area contributed by atoms with Gasteiger partial charge in [0.15, 0.2) is 0 Å². The molecule has 5 heteroatoms. The van der Waals surface area contributed by atoms with Gasteiger partial charge in [-0.15, -0.1) is 0 Å². The molecule has 0 unspecified atom stereocenters. The topological polar surface area (TPSA) is 82.5 Å². The highest BCUT2D eigenvalue weighted by Gasteiger charge is 1.96. The molecule has 106 valence electrons. The fraction of sp³-hybridized carbons (Fsp3) is 0. The van der Waals surface area contributed by atoms with Gasteiger partial charge in [0.05, 0.1) is 0 Å². The summed E-state index contributed by atoms with van der Waals surface area (Å²) in [5, 5.41) is 20.8. The zero-order valence-electron chi connectivity index (χ0n) is 11.1. The van der Waals surface area contributed by atoms with E-state index in [9.17, 15) is 9.90 Å². The fourth-order valence-corrected chi connectivity index (χ4v) is 1.73. The molecule has 0 aliphatic carbocycles. The minimum Gasteiger partial charge on any atom is -0.506 e. The van der Waals surface area contributed by atoms with Gasteiger partial charge in [-0.3, -0.25) is 10.3 Å². The number of aromatic nitrogens is 1. The Labute approximate surface area is 121 Å². The first-order valence-corrected chi connectivity index (χ1v) is 6.24. The standard InChI is InChI=1S/C9H7NO.C7H7NO2/c11-8-5-1-3-7-4-2-6-10-9(7)8;9-7(10)8-6-4-2-1-3-5-6/h1-6,11H;1-5,8H,(H,9,10). The lowest BCUT2D eigenvalue weighted by Gasteiger charge is -1.96. The molecule has 0 saturated carbocycles. The molecular weight excluding hydrogens is 268 g/mol. The molecule has 0 aliphatic heterocycles. The largest absolute Gasteiger partial charge is 0.506 e. The van der Waals surface area contributed by atoms with Gasteiger partial charge >= 0.3 is 6.09 Å². The molecule has 3 aromatic rings. The molecule has 3 N–H and O–H groups in total. The second-order valence-electron chi connectivity index (χ2n) is 4.15. The zero-order chi connectivity index (χ0) is 15.1. The lowest BCUT2D eigenvalue weighted by Crippen LogP contribution is -2.06. The van der Waals surface area contributed by atoms with Crippen LogP contribution in [-0.4, -0.2) is 21.3 Å². The quantitative estimate of drug-likeness (QED) is 0.635. The van der Waals surface area contributed by atoms with E-state index in [1.165, 1.54) is 0 Å². The first-order valence-electron chi connectivity index (χ1n) is 6.24. The molecule has 1 aromatic heterocycles. The van der Waals surface area contributed by atoms with Crippen LogP contribution in [0, 0.1) is 0 Å². The Morgan fingerprint density at radius 2 is 1.67 bits per heavy atom. The third-order valence-electron chi connectivity index (χ3n) is 2.64. The van der Waals surface area contributed by atoms with Crippen LogP contribution >= 0.6 is 0 Å². The van der Waals surface area contributed by atoms with Gasteiger partial charge in [-0.1, -0.05) is 36.4 Å². The number of nitrogens with one attached hydrogen (secondary N) is 1. The van der Waals surface area contributed by atoms with Crippen LogP contribution in [0.3, 0.4) is 0 Å². The van der Waals surface area contributed by atoms with E-state index < -0.39 is 6.09 Å². The average molecular weight is 282 g/mol. The maximum absolute atomic E-state index is 10.1. The molecule has 0 atom stereocenters. The van der Waals surface area contributed by atoms with Crippen molar-refractivity contribution < 1.29 is 15.0 Å². The summed E-state index contributed by atoms with van der Waals surface area (Å²) in [4.78, 5) is 14.1. The number of amides is 1. The minimum atomic E-state index is -1.04. The van der Waals surface area contributed by atoms with E-state index in [0.29, 0.717) is 11.2 Å². The Kier molecular flexibility index (Phi) is 4.71. The van der Waals surface area contributed by atoms with Gasteiger partial charge in [-0.05, 0) is 24.3 Å². The Hall–Kier alpha value is -3.08. The summed E-state index contributed by atoms with van der Waals surface area (Å²) in [6.07, 6.45) is 0.633. The van der Waals surface area contributed by atoms with Crippen molar-refractivity contribution in [3.63, 3.8) is 0 Å². The van der Waals surface area contributed by atoms with Gasteiger partial charge in [-0.25, -0.2) is 4.79 Å². The van der Waals surface area contributed by atoms with Crippen LogP contribution in [0.1, 0.15) is 0 Å². The number of carbonyl (C=O) groups is 1. The van der Waals surface area contributed by atoms with Crippen molar-refractivity contribution in [1.29, 1.82) is 0 Å². The highest BCUT2D eigenvalue weighted by Crippen LogP contribution is 2.20. The Morgan fingerprint density at radius 1 is 0.952 bits per heavy atom. The summed E-state index contributed by atoms with van der Waals surface area (Å²) in [5.74, 6) is 0.239. The molecule has 21 heavy (non-hydrogen) atoms. The van der Waals surface area contributed by atoms with Crippen molar-refractivity contribution in [3.8, 4) is 5.75 Å². The summed E-state index contributed by atoms with van der Waals surface area (Å²) in [7, 11) is 0. The maximum atomic E-state index is 10.1. The smallest absolute Gasteiger partial charge is 0.409 e. The van der Waals surface area contributed by atoms with E-state index in [1.54, 1.807) is 42.6 Å². The van der Waals surface area contributed by atoms with E-state index in [-0.39, 0.29) is 5.75 Å². The molecule has 1 amide bonds. The summed E-state index contributed by atoms with van der Waals surface area (Å²) in [6.45, 7) is 0. The number of para-hydroxylation sites is 2. The van der Waals surface area contributed by atoms with Gasteiger partial charge in [0.1, 0.15) is 11.3 Å². The fourth-order valence-electron chi connectivity index (χ4n) is 1.73. The highest BCUT2D eigenvalue weighted by molar-refractivity contribution is 5.83. The first-order chi connectivity index (χ1) is 10.2. The van der Waals surface area contributed by atoms with E-state index in [4.69, 9.17) is 5.11 Å². The van der Waals surface area contributed by atoms with Crippen LogP contribution in [0.15, 0.2) is 66.9 Å². The summed E-state index contributed by atoms with van der Waals surface area (Å²) in [5.41, 5.74) is 1.25. The highest BCUT2D eigenvalue weighted by atomic mass is 16.4. The van der Waals surface area contributed by atoms with Gasteiger partial charge < -0.3 is 10.2 Å². The molecule has 3 rings (SSSR count). The number of pyridine rings is 1. The second-order valence-corrected chi connectivity index (χ2v) is 4.15. The van der Waals surface area contributed by atoms with Gasteiger partial charge in [0, 0.05) is 17.3 Å². The number of aromatic hydroxyl groups is 1. The summed E-state index contributed by atoms with van der Waals surface area (Å²) < 4.78 is 0. The van der Waals surface area contributed by atoms with Gasteiger partial charge in [-0.2, -0.15) is 0 Å². The van der Waals surface area contributed by atoms with Crippen molar-refractivity contribution in [1.82, 2.24) is 4.98 Å². The predicted molar refractivity (Wildman–Crippen MR) is 81.5 cm³/mol. The monoisotopic (exact) mass is 282 g/mol. The first kappa shape index (κ1) is 14.3. The van der Waals surface area contributed by atoms with Crippen molar-refractivity contribution in [2.24, 2.45) is 0 Å². The maximum Gasteiger partial charge on any atom is 0.409 e. The Morgan fingerprint density at radius 3 is 2.33 bits per heavy atom. The van der Waals surface area contributed by atoms with E-state index in [2.05, 4.69) is 10.3 Å². The number of phenols is 1. The molecule has 5 nitrogen and oxygen atoms in total. The predicted octanol–water partition coefficient (Wildman–Crippen LogP) is 3.72. The number of benzene rings is 2. The van der Waals surface area contributed by atoms with E-state index >= 15 is 0 Å². The zero-order valence-corrected chi connectivity index (χ0v) is 11.1. The molecule has 1 heterocycles. The van der Waals surface area contributed by atoms with Crippen molar-refractivity contribution in [3.05, 3.63) is 66.9 Å². The van der Waals surface area contributed by atoms with E-state index in [0.717, 1.165) is 5.39 Å². The van der Waals surface area contributed by atoms with E-state index in [1.807, 2.05) is 24.3 Å².